The van der Waals surface area contributed by atoms with Crippen LogP contribution >= 0.6 is 24.0 Å². The van der Waals surface area contributed by atoms with Gasteiger partial charge in [-0.2, -0.15) is 0 Å². The number of nitrogens with one attached hydrogen (secondary N) is 2. The molecule has 9 heteroatoms. The van der Waals surface area contributed by atoms with Crippen LogP contribution in [0.25, 0.3) is 0 Å². The van der Waals surface area contributed by atoms with E-state index in [1.165, 1.54) is 12.1 Å². The highest BCUT2D eigenvalue weighted by atomic mass is 127. The largest absolute Gasteiger partial charge is 0.379 e. The number of likely N-dealkylation sites (N-methyl/N-ethyl adjacent to an activating group) is 1. The second-order valence-electron chi connectivity index (χ2n) is 7.30. The molecule has 0 amide bonds. The van der Waals surface area contributed by atoms with Gasteiger partial charge in [0.05, 0.1) is 32.0 Å². The van der Waals surface area contributed by atoms with Crippen LogP contribution in [0.3, 0.4) is 0 Å². The third-order valence-corrected chi connectivity index (χ3v) is 5.27. The van der Waals surface area contributed by atoms with Crippen molar-refractivity contribution >= 4 is 29.9 Å². The molecule has 2 N–H and O–H groups in total. The summed E-state index contributed by atoms with van der Waals surface area (Å²) in [5, 5.41) is 6.79. The van der Waals surface area contributed by atoms with Gasteiger partial charge in [-0.15, -0.1) is 24.0 Å². The van der Waals surface area contributed by atoms with E-state index in [-0.39, 0.29) is 41.9 Å². The number of guanidine groups is 1. The number of rotatable bonds is 6. The van der Waals surface area contributed by atoms with E-state index in [0.29, 0.717) is 13.1 Å². The standard InChI is InChI=1S/C20H32FN5O2.HI/c1-22-20(23-13-18-15-25(2)7-12-28-18)24-14-19(26-8-10-27-11-9-26)16-3-5-17(21)6-4-16;/h3-6,18-19H,7-15H2,1-2H3,(H2,22,23,24);1H. The molecule has 0 aliphatic carbocycles. The quantitative estimate of drug-likeness (QED) is 0.335. The van der Waals surface area contributed by atoms with Crippen LogP contribution in [0.15, 0.2) is 29.3 Å². The third kappa shape index (κ3) is 7.63. The number of morpholine rings is 2. The van der Waals surface area contributed by atoms with E-state index in [0.717, 1.165) is 57.5 Å². The molecule has 2 aliphatic rings. The Balaban J connectivity index is 0.00000300. The van der Waals surface area contributed by atoms with E-state index in [1.807, 2.05) is 12.1 Å². The lowest BCUT2D eigenvalue weighted by Crippen LogP contribution is -2.50. The summed E-state index contributed by atoms with van der Waals surface area (Å²) in [5.74, 6) is 0.532. The molecule has 29 heavy (non-hydrogen) atoms. The smallest absolute Gasteiger partial charge is 0.191 e. The predicted molar refractivity (Wildman–Crippen MR) is 124 cm³/mol. The van der Waals surface area contributed by atoms with Crippen LogP contribution in [0.1, 0.15) is 11.6 Å². The van der Waals surface area contributed by atoms with Crippen molar-refractivity contribution in [3.05, 3.63) is 35.6 Å². The lowest BCUT2D eigenvalue weighted by Gasteiger charge is -2.35. The summed E-state index contributed by atoms with van der Waals surface area (Å²) in [7, 11) is 3.88. The maximum atomic E-state index is 13.4. The van der Waals surface area contributed by atoms with Crippen molar-refractivity contribution in [1.82, 2.24) is 20.4 Å². The number of nitrogens with zero attached hydrogens (tertiary/aromatic N) is 3. The molecule has 3 rings (SSSR count). The van der Waals surface area contributed by atoms with Crippen molar-refractivity contribution in [3.63, 3.8) is 0 Å². The minimum atomic E-state index is -0.215. The molecule has 2 heterocycles. The molecule has 1 aromatic rings. The van der Waals surface area contributed by atoms with Crippen molar-refractivity contribution in [2.75, 3.05) is 73.2 Å². The van der Waals surface area contributed by atoms with Gasteiger partial charge in [0.25, 0.3) is 0 Å². The van der Waals surface area contributed by atoms with Gasteiger partial charge in [0.2, 0.25) is 0 Å². The van der Waals surface area contributed by atoms with Crippen molar-refractivity contribution in [2.45, 2.75) is 12.1 Å². The molecule has 2 saturated heterocycles. The van der Waals surface area contributed by atoms with Gasteiger partial charge in [-0.25, -0.2) is 4.39 Å². The van der Waals surface area contributed by atoms with E-state index in [2.05, 4.69) is 32.5 Å². The fourth-order valence-corrected chi connectivity index (χ4v) is 3.65. The Morgan fingerprint density at radius 1 is 1.17 bits per heavy atom. The summed E-state index contributed by atoms with van der Waals surface area (Å²) < 4.78 is 24.7. The zero-order valence-corrected chi connectivity index (χ0v) is 19.6. The molecule has 0 aromatic heterocycles. The fraction of sp³-hybridized carbons (Fsp3) is 0.650. The van der Waals surface area contributed by atoms with E-state index >= 15 is 0 Å². The lowest BCUT2D eigenvalue weighted by atomic mass is 10.0. The molecule has 164 valence electrons. The summed E-state index contributed by atoms with van der Waals surface area (Å²) in [6.07, 6.45) is 0.157. The Labute approximate surface area is 190 Å². The predicted octanol–water partition coefficient (Wildman–Crippen LogP) is 1.31. The number of ether oxygens (including phenoxy) is 2. The highest BCUT2D eigenvalue weighted by Gasteiger charge is 2.23. The first-order chi connectivity index (χ1) is 13.7. The summed E-state index contributed by atoms with van der Waals surface area (Å²) >= 11 is 0. The van der Waals surface area contributed by atoms with Gasteiger partial charge in [0.15, 0.2) is 5.96 Å². The Hall–Kier alpha value is -1.01. The number of halogens is 2. The molecule has 7 nitrogen and oxygen atoms in total. The SMILES string of the molecule is CN=C(NCC1CN(C)CCO1)NCC(c1ccc(F)cc1)N1CCOCC1.I. The zero-order valence-electron chi connectivity index (χ0n) is 17.3. The van der Waals surface area contributed by atoms with E-state index in [1.54, 1.807) is 7.05 Å². The average molecular weight is 521 g/mol. The monoisotopic (exact) mass is 521 g/mol. The number of hydrogen-bond acceptors (Lipinski definition) is 5. The molecule has 0 saturated carbocycles. The Bertz CT molecular complexity index is 628. The van der Waals surface area contributed by atoms with Crippen molar-refractivity contribution < 1.29 is 13.9 Å². The van der Waals surface area contributed by atoms with Crippen LogP contribution in [-0.4, -0.2) is 95.0 Å². The third-order valence-electron chi connectivity index (χ3n) is 5.27. The molecule has 0 spiro atoms. The molecule has 2 atom stereocenters. The molecule has 2 unspecified atom stereocenters. The van der Waals surface area contributed by atoms with Crippen LogP contribution in [0.2, 0.25) is 0 Å². The molecule has 2 aliphatic heterocycles. The van der Waals surface area contributed by atoms with E-state index < -0.39 is 0 Å². The van der Waals surface area contributed by atoms with Gasteiger partial charge in [-0.05, 0) is 24.7 Å². The van der Waals surface area contributed by atoms with Crippen LogP contribution in [0.5, 0.6) is 0 Å². The van der Waals surface area contributed by atoms with Crippen molar-refractivity contribution in [1.29, 1.82) is 0 Å². The molecule has 1 aromatic carbocycles. The first kappa shape index (κ1) is 24.3. The maximum Gasteiger partial charge on any atom is 0.191 e. The summed E-state index contributed by atoms with van der Waals surface area (Å²) in [5.41, 5.74) is 1.09. The summed E-state index contributed by atoms with van der Waals surface area (Å²) in [4.78, 5) is 8.98. The first-order valence-corrected chi connectivity index (χ1v) is 9.97. The van der Waals surface area contributed by atoms with Crippen molar-refractivity contribution in [3.8, 4) is 0 Å². The lowest BCUT2D eigenvalue weighted by molar-refractivity contribution is -0.0161. The average Bonchev–Trinajstić information content (AvgIpc) is 2.72. The fourth-order valence-electron chi connectivity index (χ4n) is 3.65. The second kappa shape index (κ2) is 12.6. The topological polar surface area (TPSA) is 61.4 Å². The van der Waals surface area contributed by atoms with Crippen LogP contribution < -0.4 is 10.6 Å². The van der Waals surface area contributed by atoms with Crippen LogP contribution in [-0.2, 0) is 9.47 Å². The first-order valence-electron chi connectivity index (χ1n) is 9.97. The van der Waals surface area contributed by atoms with Crippen LogP contribution in [0, 0.1) is 5.82 Å². The number of hydrogen-bond donors (Lipinski definition) is 2. The zero-order chi connectivity index (χ0) is 19.8. The molecular formula is C20H33FIN5O2. The Morgan fingerprint density at radius 2 is 1.90 bits per heavy atom. The van der Waals surface area contributed by atoms with Gasteiger partial charge in [0.1, 0.15) is 5.82 Å². The summed E-state index contributed by atoms with van der Waals surface area (Å²) in [6.45, 7) is 7.20. The van der Waals surface area contributed by atoms with Gasteiger partial charge in [-0.1, -0.05) is 12.1 Å². The highest BCUT2D eigenvalue weighted by Crippen LogP contribution is 2.21. The molecule has 2 fully saturated rings. The molecule has 0 radical (unpaired) electrons. The molecule has 0 bridgehead atoms. The van der Waals surface area contributed by atoms with Gasteiger partial charge in [0, 0.05) is 46.3 Å². The Kier molecular flexibility index (Phi) is 10.6. The maximum absolute atomic E-state index is 13.4. The van der Waals surface area contributed by atoms with E-state index in [9.17, 15) is 4.39 Å². The number of aliphatic imine (C=N–C) groups is 1. The minimum absolute atomic E-state index is 0. The Morgan fingerprint density at radius 3 is 2.55 bits per heavy atom. The highest BCUT2D eigenvalue weighted by molar-refractivity contribution is 14.0. The van der Waals surface area contributed by atoms with Crippen LogP contribution in [0.4, 0.5) is 4.39 Å². The molecular weight excluding hydrogens is 488 g/mol. The minimum Gasteiger partial charge on any atom is -0.379 e. The van der Waals surface area contributed by atoms with Gasteiger partial charge in [-0.3, -0.25) is 9.89 Å². The van der Waals surface area contributed by atoms with Crippen molar-refractivity contribution in [2.24, 2.45) is 4.99 Å². The second-order valence-corrected chi connectivity index (χ2v) is 7.30. The summed E-state index contributed by atoms with van der Waals surface area (Å²) in [6, 6.07) is 6.89. The normalized spacial score (nSPS) is 22.6. The van der Waals surface area contributed by atoms with E-state index in [4.69, 9.17) is 9.47 Å². The van der Waals surface area contributed by atoms with Gasteiger partial charge < -0.3 is 25.0 Å². The number of benzene rings is 1. The van der Waals surface area contributed by atoms with Gasteiger partial charge >= 0.3 is 0 Å².